The first-order chi connectivity index (χ1) is 10.1. The first-order valence-corrected chi connectivity index (χ1v) is 8.48. The van der Waals surface area contributed by atoms with Crippen LogP contribution in [-0.2, 0) is 6.42 Å². The van der Waals surface area contributed by atoms with E-state index >= 15 is 0 Å². The van der Waals surface area contributed by atoms with Crippen LogP contribution in [0.25, 0.3) is 0 Å². The zero-order valence-corrected chi connectivity index (χ0v) is 14.2. The van der Waals surface area contributed by atoms with Gasteiger partial charge in [-0.1, -0.05) is 17.7 Å². The summed E-state index contributed by atoms with van der Waals surface area (Å²) in [5.41, 5.74) is 2.47. The zero-order chi connectivity index (χ0) is 15.2. The highest BCUT2D eigenvalue weighted by molar-refractivity contribution is 7.99. The van der Waals surface area contributed by atoms with Gasteiger partial charge in [-0.15, -0.1) is 11.8 Å². The van der Waals surface area contributed by atoms with Crippen molar-refractivity contribution in [3.05, 3.63) is 47.8 Å². The van der Waals surface area contributed by atoms with Crippen LogP contribution >= 0.6 is 11.8 Å². The summed E-state index contributed by atoms with van der Waals surface area (Å²) in [5.74, 6) is 1.05. The maximum Gasteiger partial charge on any atom is 0.0640 e. The van der Waals surface area contributed by atoms with Crippen molar-refractivity contribution in [1.82, 2.24) is 15.1 Å². The smallest absolute Gasteiger partial charge is 0.0640 e. The molecular formula is C17H25N3S. The lowest BCUT2D eigenvalue weighted by atomic mass is 10.2. The van der Waals surface area contributed by atoms with Crippen molar-refractivity contribution in [1.29, 1.82) is 0 Å². The first-order valence-electron chi connectivity index (χ1n) is 7.49. The molecule has 1 unspecified atom stereocenters. The van der Waals surface area contributed by atoms with Crippen LogP contribution in [0.1, 0.15) is 31.1 Å². The van der Waals surface area contributed by atoms with Crippen LogP contribution < -0.4 is 5.32 Å². The van der Waals surface area contributed by atoms with Crippen LogP contribution in [0.2, 0.25) is 0 Å². The van der Waals surface area contributed by atoms with Crippen LogP contribution in [0.4, 0.5) is 0 Å². The molecular weight excluding hydrogens is 278 g/mol. The highest BCUT2D eigenvalue weighted by atomic mass is 32.2. The molecule has 0 saturated carbocycles. The number of rotatable bonds is 7. The summed E-state index contributed by atoms with van der Waals surface area (Å²) in [7, 11) is 2.03. The fraction of sp³-hybridized carbons (Fsp3) is 0.471. The van der Waals surface area contributed by atoms with E-state index in [2.05, 4.69) is 67.7 Å². The molecule has 1 N–H and O–H groups in total. The third-order valence-corrected chi connectivity index (χ3v) is 4.70. The van der Waals surface area contributed by atoms with E-state index in [0.717, 1.165) is 17.9 Å². The van der Waals surface area contributed by atoms with Gasteiger partial charge in [0.05, 0.1) is 5.69 Å². The van der Waals surface area contributed by atoms with Crippen molar-refractivity contribution in [2.24, 2.45) is 0 Å². The van der Waals surface area contributed by atoms with E-state index in [9.17, 15) is 0 Å². The van der Waals surface area contributed by atoms with Gasteiger partial charge in [0, 0.05) is 35.3 Å². The summed E-state index contributed by atoms with van der Waals surface area (Å²) >= 11 is 1.90. The molecule has 0 bridgehead atoms. The van der Waals surface area contributed by atoms with E-state index < -0.39 is 0 Å². The molecule has 0 aliphatic heterocycles. The molecule has 1 aromatic heterocycles. The van der Waals surface area contributed by atoms with E-state index in [1.165, 1.54) is 10.5 Å². The summed E-state index contributed by atoms with van der Waals surface area (Å²) in [6, 6.07) is 11.7. The number of aryl methyl sites for hydroxylation is 1. The average molecular weight is 303 g/mol. The highest BCUT2D eigenvalue weighted by Gasteiger charge is 2.11. The molecule has 0 fully saturated rings. The van der Waals surface area contributed by atoms with E-state index in [1.54, 1.807) is 0 Å². The van der Waals surface area contributed by atoms with Gasteiger partial charge in [-0.3, -0.25) is 4.68 Å². The number of hydrogen-bond acceptors (Lipinski definition) is 3. The lowest BCUT2D eigenvalue weighted by molar-refractivity contribution is 0.518. The Morgan fingerprint density at radius 1 is 1.19 bits per heavy atom. The Morgan fingerprint density at radius 2 is 1.90 bits per heavy atom. The van der Waals surface area contributed by atoms with Crippen LogP contribution in [0, 0.1) is 6.92 Å². The zero-order valence-electron chi connectivity index (χ0n) is 13.3. The number of likely N-dealkylation sites (N-methyl/N-ethyl adjacent to an activating group) is 1. The number of thioether (sulfide) groups is 1. The summed E-state index contributed by atoms with van der Waals surface area (Å²) in [5, 5.41) is 8.03. The van der Waals surface area contributed by atoms with Crippen LogP contribution in [0.15, 0.2) is 41.4 Å². The molecule has 0 radical (unpaired) electrons. The number of hydrogen-bond donors (Lipinski definition) is 1. The van der Waals surface area contributed by atoms with Crippen LogP contribution in [-0.4, -0.2) is 28.6 Å². The van der Waals surface area contributed by atoms with Crippen molar-refractivity contribution in [3.63, 3.8) is 0 Å². The minimum atomic E-state index is 0.425. The van der Waals surface area contributed by atoms with Gasteiger partial charge in [-0.25, -0.2) is 0 Å². The molecule has 0 spiro atoms. The van der Waals surface area contributed by atoms with Gasteiger partial charge in [0.25, 0.3) is 0 Å². The summed E-state index contributed by atoms with van der Waals surface area (Å²) in [6.07, 6.45) is 3.04. The quantitative estimate of drug-likeness (QED) is 0.791. The molecule has 1 heterocycles. The minimum absolute atomic E-state index is 0.425. The minimum Gasteiger partial charge on any atom is -0.316 e. The fourth-order valence-corrected chi connectivity index (χ4v) is 3.11. The maximum atomic E-state index is 4.63. The number of benzene rings is 1. The highest BCUT2D eigenvalue weighted by Crippen LogP contribution is 2.20. The molecule has 114 valence electrons. The Bertz CT molecular complexity index is 545. The molecule has 0 saturated heterocycles. The molecule has 0 amide bonds. The van der Waals surface area contributed by atoms with E-state index in [0.29, 0.717) is 12.1 Å². The van der Waals surface area contributed by atoms with Crippen molar-refractivity contribution >= 4 is 11.8 Å². The standard InChI is InChI=1S/C17H25N3S/c1-13(2)20-10-9-15(19-20)11-16(18-4)12-21-17-7-5-14(3)6-8-17/h5-10,13,16,18H,11-12H2,1-4H3. The van der Waals surface area contributed by atoms with Gasteiger partial charge >= 0.3 is 0 Å². The van der Waals surface area contributed by atoms with Gasteiger partial charge in [-0.2, -0.15) is 5.10 Å². The third kappa shape index (κ3) is 4.90. The Balaban J connectivity index is 1.88. The number of aromatic nitrogens is 2. The predicted molar refractivity (Wildman–Crippen MR) is 91.1 cm³/mol. The average Bonchev–Trinajstić information content (AvgIpc) is 2.94. The SMILES string of the molecule is CNC(CSc1ccc(C)cc1)Cc1ccn(C(C)C)n1. The van der Waals surface area contributed by atoms with Gasteiger partial charge in [0.15, 0.2) is 0 Å². The topological polar surface area (TPSA) is 29.9 Å². The van der Waals surface area contributed by atoms with E-state index in [1.807, 2.05) is 23.5 Å². The molecule has 1 aromatic carbocycles. The normalized spacial score (nSPS) is 12.8. The maximum absolute atomic E-state index is 4.63. The lowest BCUT2D eigenvalue weighted by Gasteiger charge is -2.14. The Labute approximate surface area is 132 Å². The molecule has 2 aromatic rings. The van der Waals surface area contributed by atoms with Gasteiger partial charge < -0.3 is 5.32 Å². The van der Waals surface area contributed by atoms with Gasteiger partial charge in [0.2, 0.25) is 0 Å². The summed E-state index contributed by atoms with van der Waals surface area (Å²) in [4.78, 5) is 1.33. The fourth-order valence-electron chi connectivity index (χ4n) is 2.10. The first kappa shape index (κ1) is 16.1. The molecule has 0 aliphatic carbocycles. The van der Waals surface area contributed by atoms with Crippen LogP contribution in [0.5, 0.6) is 0 Å². The van der Waals surface area contributed by atoms with Crippen molar-refractivity contribution in [2.45, 2.75) is 44.2 Å². The Morgan fingerprint density at radius 3 is 2.48 bits per heavy atom. The van der Waals surface area contributed by atoms with Crippen LogP contribution in [0.3, 0.4) is 0 Å². The van der Waals surface area contributed by atoms with Crippen molar-refractivity contribution in [2.75, 3.05) is 12.8 Å². The molecule has 4 heteroatoms. The Hall–Kier alpha value is -1.26. The monoisotopic (exact) mass is 303 g/mol. The van der Waals surface area contributed by atoms with E-state index in [4.69, 9.17) is 0 Å². The number of nitrogens with zero attached hydrogens (tertiary/aromatic N) is 2. The molecule has 0 aliphatic rings. The van der Waals surface area contributed by atoms with Crippen molar-refractivity contribution in [3.8, 4) is 0 Å². The van der Waals surface area contributed by atoms with Crippen molar-refractivity contribution < 1.29 is 0 Å². The largest absolute Gasteiger partial charge is 0.316 e. The lowest BCUT2D eigenvalue weighted by Crippen LogP contribution is -2.30. The second-order valence-corrected chi connectivity index (χ2v) is 6.79. The molecule has 2 rings (SSSR count). The Kier molecular flexibility index (Phi) is 5.88. The molecule has 1 atom stereocenters. The van der Waals surface area contributed by atoms with Gasteiger partial charge in [-0.05, 0) is 46.0 Å². The van der Waals surface area contributed by atoms with E-state index in [-0.39, 0.29) is 0 Å². The third-order valence-electron chi connectivity index (χ3n) is 3.53. The predicted octanol–water partition coefficient (Wildman–Crippen LogP) is 3.70. The summed E-state index contributed by atoms with van der Waals surface area (Å²) < 4.78 is 2.02. The second kappa shape index (κ2) is 7.66. The summed E-state index contributed by atoms with van der Waals surface area (Å²) in [6.45, 7) is 6.43. The van der Waals surface area contributed by atoms with Gasteiger partial charge in [0.1, 0.15) is 0 Å². The number of nitrogens with one attached hydrogen (secondary N) is 1. The molecule has 3 nitrogen and oxygen atoms in total. The second-order valence-electron chi connectivity index (χ2n) is 5.69. The molecule has 21 heavy (non-hydrogen) atoms.